The van der Waals surface area contributed by atoms with Crippen LogP contribution in [0.1, 0.15) is 23.8 Å². The van der Waals surface area contributed by atoms with Crippen LogP contribution in [0.15, 0.2) is 41.8 Å². The van der Waals surface area contributed by atoms with E-state index in [4.69, 9.17) is 0 Å². The number of hydrogen-bond donors (Lipinski definition) is 1. The zero-order valence-corrected chi connectivity index (χ0v) is 15.5. The SMILES string of the molecule is O=C(Nc1cccs1)N1CCC[C@H](c2nnc(-c3ccccc3F)s2)C1. The molecule has 4 rings (SSSR count). The van der Waals surface area contributed by atoms with Crippen molar-refractivity contribution in [1.82, 2.24) is 15.1 Å². The molecule has 2 aromatic heterocycles. The lowest BCUT2D eigenvalue weighted by Gasteiger charge is -2.31. The van der Waals surface area contributed by atoms with E-state index in [2.05, 4.69) is 15.5 Å². The molecule has 3 heterocycles. The summed E-state index contributed by atoms with van der Waals surface area (Å²) < 4.78 is 14.0. The third-order valence-corrected chi connectivity index (χ3v) is 6.26. The highest BCUT2D eigenvalue weighted by Crippen LogP contribution is 2.33. The molecule has 1 aliphatic heterocycles. The number of hydrogen-bond acceptors (Lipinski definition) is 5. The monoisotopic (exact) mass is 388 g/mol. The lowest BCUT2D eigenvalue weighted by Crippen LogP contribution is -2.41. The first-order chi connectivity index (χ1) is 12.7. The molecule has 0 unspecified atom stereocenters. The molecule has 1 atom stereocenters. The van der Waals surface area contributed by atoms with Gasteiger partial charge in [-0.3, -0.25) is 5.32 Å². The molecule has 134 valence electrons. The molecule has 3 aromatic rings. The average Bonchev–Trinajstić information content (AvgIpc) is 3.34. The molecule has 0 spiro atoms. The normalized spacial score (nSPS) is 17.3. The fraction of sp³-hybridized carbons (Fsp3) is 0.278. The van der Waals surface area contributed by atoms with Gasteiger partial charge in [0.15, 0.2) is 5.01 Å². The highest BCUT2D eigenvalue weighted by atomic mass is 32.1. The molecule has 1 aliphatic rings. The Morgan fingerprint density at radius 2 is 2.12 bits per heavy atom. The molecule has 0 bridgehead atoms. The molecule has 1 N–H and O–H groups in total. The van der Waals surface area contributed by atoms with E-state index >= 15 is 0 Å². The summed E-state index contributed by atoms with van der Waals surface area (Å²) >= 11 is 2.91. The summed E-state index contributed by atoms with van der Waals surface area (Å²) in [5.41, 5.74) is 0.472. The van der Waals surface area contributed by atoms with Crippen LogP contribution in [-0.2, 0) is 0 Å². The van der Waals surface area contributed by atoms with Crippen molar-refractivity contribution in [3.63, 3.8) is 0 Å². The number of rotatable bonds is 3. The largest absolute Gasteiger partial charge is 0.324 e. The molecule has 5 nitrogen and oxygen atoms in total. The number of carbonyl (C=O) groups excluding carboxylic acids is 1. The van der Waals surface area contributed by atoms with Gasteiger partial charge in [-0.25, -0.2) is 9.18 Å². The summed E-state index contributed by atoms with van der Waals surface area (Å²) in [6.45, 7) is 1.33. The fourth-order valence-corrected chi connectivity index (χ4v) is 4.64. The molecule has 1 aromatic carbocycles. The average molecular weight is 388 g/mol. The molecule has 0 aliphatic carbocycles. The molecular formula is C18H17FN4OS2. The number of carbonyl (C=O) groups is 1. The molecular weight excluding hydrogens is 371 g/mol. The van der Waals surface area contributed by atoms with Gasteiger partial charge >= 0.3 is 6.03 Å². The van der Waals surface area contributed by atoms with E-state index in [9.17, 15) is 9.18 Å². The Morgan fingerprint density at radius 3 is 2.92 bits per heavy atom. The number of nitrogens with one attached hydrogen (secondary N) is 1. The first-order valence-electron chi connectivity index (χ1n) is 8.38. The van der Waals surface area contributed by atoms with Gasteiger partial charge in [-0.15, -0.1) is 21.5 Å². The Labute approximate surface area is 158 Å². The van der Waals surface area contributed by atoms with Crippen molar-refractivity contribution in [1.29, 1.82) is 0 Å². The van der Waals surface area contributed by atoms with Crippen LogP contribution in [0, 0.1) is 5.82 Å². The zero-order chi connectivity index (χ0) is 17.9. The number of thiophene rings is 1. The maximum absolute atomic E-state index is 14.0. The minimum Gasteiger partial charge on any atom is -0.324 e. The van der Waals surface area contributed by atoms with Gasteiger partial charge in [0.2, 0.25) is 0 Å². The molecule has 0 radical (unpaired) electrons. The van der Waals surface area contributed by atoms with Gasteiger partial charge in [-0.1, -0.05) is 23.5 Å². The van der Waals surface area contributed by atoms with E-state index in [0.717, 1.165) is 29.4 Å². The van der Waals surface area contributed by atoms with Crippen LogP contribution in [0.2, 0.25) is 0 Å². The Hall–Kier alpha value is -2.32. The third-order valence-electron chi connectivity index (χ3n) is 4.35. The summed E-state index contributed by atoms with van der Waals surface area (Å²) in [5, 5.41) is 15.6. The minimum atomic E-state index is -0.296. The van der Waals surface area contributed by atoms with Crippen molar-refractivity contribution in [2.24, 2.45) is 0 Å². The predicted molar refractivity (Wildman–Crippen MR) is 102 cm³/mol. The maximum atomic E-state index is 14.0. The number of amides is 2. The number of halogens is 1. The second kappa shape index (κ2) is 7.51. The van der Waals surface area contributed by atoms with Crippen molar-refractivity contribution in [3.8, 4) is 10.6 Å². The van der Waals surface area contributed by atoms with Gasteiger partial charge in [-0.05, 0) is 42.5 Å². The first-order valence-corrected chi connectivity index (χ1v) is 10.1. The number of urea groups is 1. The molecule has 2 amide bonds. The summed E-state index contributed by atoms with van der Waals surface area (Å²) in [5.74, 6) is -0.161. The minimum absolute atomic E-state index is 0.0870. The van der Waals surface area contributed by atoms with E-state index < -0.39 is 0 Å². The predicted octanol–water partition coefficient (Wildman–Crippen LogP) is 4.82. The number of likely N-dealkylation sites (tertiary alicyclic amines) is 1. The third kappa shape index (κ3) is 3.61. The lowest BCUT2D eigenvalue weighted by molar-refractivity contribution is 0.192. The van der Waals surface area contributed by atoms with Crippen LogP contribution in [0.25, 0.3) is 10.6 Å². The summed E-state index contributed by atoms with van der Waals surface area (Å²) in [7, 11) is 0. The zero-order valence-electron chi connectivity index (χ0n) is 13.9. The van der Waals surface area contributed by atoms with Crippen LogP contribution in [0.5, 0.6) is 0 Å². The smallest absolute Gasteiger partial charge is 0.322 e. The van der Waals surface area contributed by atoms with Crippen LogP contribution >= 0.6 is 22.7 Å². The van der Waals surface area contributed by atoms with Gasteiger partial charge < -0.3 is 4.90 Å². The van der Waals surface area contributed by atoms with E-state index in [1.807, 2.05) is 22.4 Å². The van der Waals surface area contributed by atoms with E-state index in [1.165, 1.54) is 28.7 Å². The van der Waals surface area contributed by atoms with Crippen molar-refractivity contribution >= 4 is 33.7 Å². The summed E-state index contributed by atoms with van der Waals surface area (Å²) in [6.07, 6.45) is 1.87. The topological polar surface area (TPSA) is 58.1 Å². The van der Waals surface area contributed by atoms with E-state index in [1.54, 1.807) is 18.2 Å². The molecule has 1 saturated heterocycles. The van der Waals surface area contributed by atoms with E-state index in [0.29, 0.717) is 17.1 Å². The van der Waals surface area contributed by atoms with Gasteiger partial charge in [0.05, 0.1) is 5.00 Å². The van der Waals surface area contributed by atoms with Crippen molar-refractivity contribution in [3.05, 3.63) is 52.6 Å². The standard InChI is InChI=1S/C18H17FN4OS2/c19-14-7-2-1-6-13(14)17-22-21-16(26-17)12-5-3-9-23(11-12)18(24)20-15-8-4-10-25-15/h1-2,4,6-8,10,12H,3,5,9,11H2,(H,20,24)/t12-/m0/s1. The fourth-order valence-electron chi connectivity index (χ4n) is 3.04. The van der Waals surface area contributed by atoms with Gasteiger partial charge in [-0.2, -0.15) is 0 Å². The second-order valence-electron chi connectivity index (χ2n) is 6.12. The number of anilines is 1. The van der Waals surface area contributed by atoms with Crippen LogP contribution in [0.4, 0.5) is 14.2 Å². The Morgan fingerprint density at radius 1 is 1.23 bits per heavy atom. The van der Waals surface area contributed by atoms with E-state index in [-0.39, 0.29) is 17.8 Å². The number of nitrogens with zero attached hydrogens (tertiary/aromatic N) is 3. The number of aromatic nitrogens is 2. The molecule has 26 heavy (non-hydrogen) atoms. The highest BCUT2D eigenvalue weighted by molar-refractivity contribution is 7.14. The molecule has 0 saturated carbocycles. The highest BCUT2D eigenvalue weighted by Gasteiger charge is 2.27. The Bertz CT molecular complexity index is 896. The van der Waals surface area contributed by atoms with Crippen molar-refractivity contribution in [2.75, 3.05) is 18.4 Å². The lowest BCUT2D eigenvalue weighted by atomic mass is 9.99. The van der Waals surface area contributed by atoms with Gasteiger partial charge in [0.1, 0.15) is 10.8 Å². The number of piperidine rings is 1. The first kappa shape index (κ1) is 17.1. The summed E-state index contributed by atoms with van der Waals surface area (Å²) in [4.78, 5) is 14.3. The Balaban J connectivity index is 1.46. The molecule has 1 fully saturated rings. The van der Waals surface area contributed by atoms with Crippen LogP contribution in [0.3, 0.4) is 0 Å². The van der Waals surface area contributed by atoms with Gasteiger partial charge in [0.25, 0.3) is 0 Å². The summed E-state index contributed by atoms with van der Waals surface area (Å²) in [6, 6.07) is 10.3. The van der Waals surface area contributed by atoms with Gasteiger partial charge in [0, 0.05) is 24.6 Å². The maximum Gasteiger partial charge on any atom is 0.322 e. The van der Waals surface area contributed by atoms with Crippen molar-refractivity contribution < 1.29 is 9.18 Å². The van der Waals surface area contributed by atoms with Crippen LogP contribution in [-0.4, -0.2) is 34.2 Å². The second-order valence-corrected chi connectivity index (χ2v) is 8.07. The number of benzene rings is 1. The molecule has 8 heteroatoms. The quantitative estimate of drug-likeness (QED) is 0.700. The van der Waals surface area contributed by atoms with Crippen molar-refractivity contribution in [2.45, 2.75) is 18.8 Å². The Kier molecular flexibility index (Phi) is 4.94. The van der Waals surface area contributed by atoms with Crippen LogP contribution < -0.4 is 5.32 Å².